The minimum atomic E-state index is -0.814. The van der Waals surface area contributed by atoms with Gasteiger partial charge in [-0.15, -0.1) is 0 Å². The standard InChI is InChI=1S/C13H23NO4/c1-2-3-9-18-14(11-15)10-13(12(16)17)7-5-4-6-8-13/h11H,2-10H2,1H3,(H,16,17). The van der Waals surface area contributed by atoms with Crippen LogP contribution in [-0.4, -0.2) is 35.7 Å². The Morgan fingerprint density at radius 3 is 2.56 bits per heavy atom. The van der Waals surface area contributed by atoms with Crippen molar-refractivity contribution in [3.63, 3.8) is 0 Å². The van der Waals surface area contributed by atoms with E-state index in [1.165, 1.54) is 0 Å². The van der Waals surface area contributed by atoms with Gasteiger partial charge in [-0.05, 0) is 19.3 Å². The van der Waals surface area contributed by atoms with Crippen molar-refractivity contribution in [1.29, 1.82) is 0 Å². The van der Waals surface area contributed by atoms with E-state index in [1.807, 2.05) is 6.92 Å². The van der Waals surface area contributed by atoms with Gasteiger partial charge in [0, 0.05) is 0 Å². The first kappa shape index (κ1) is 15.0. The number of carbonyl (C=O) groups is 2. The van der Waals surface area contributed by atoms with Crippen molar-refractivity contribution in [3.05, 3.63) is 0 Å². The predicted molar refractivity (Wildman–Crippen MR) is 66.8 cm³/mol. The Balaban J connectivity index is 2.57. The van der Waals surface area contributed by atoms with E-state index in [9.17, 15) is 14.7 Å². The molecule has 0 radical (unpaired) electrons. The third-order valence-electron chi connectivity index (χ3n) is 3.60. The number of rotatable bonds is 8. The molecule has 1 saturated carbocycles. The number of hydrogen-bond donors (Lipinski definition) is 1. The van der Waals surface area contributed by atoms with Gasteiger partial charge in [0.05, 0.1) is 18.6 Å². The molecule has 5 nitrogen and oxygen atoms in total. The molecule has 0 atom stereocenters. The summed E-state index contributed by atoms with van der Waals surface area (Å²) >= 11 is 0. The fourth-order valence-electron chi connectivity index (χ4n) is 2.41. The molecule has 1 N–H and O–H groups in total. The van der Waals surface area contributed by atoms with Gasteiger partial charge in [-0.25, -0.2) is 5.06 Å². The first-order valence-corrected chi connectivity index (χ1v) is 6.73. The van der Waals surface area contributed by atoms with Crippen LogP contribution in [0, 0.1) is 5.41 Å². The summed E-state index contributed by atoms with van der Waals surface area (Å²) in [5, 5.41) is 10.6. The largest absolute Gasteiger partial charge is 0.481 e. The number of carbonyl (C=O) groups excluding carboxylic acids is 1. The Morgan fingerprint density at radius 1 is 1.39 bits per heavy atom. The molecule has 0 spiro atoms. The van der Waals surface area contributed by atoms with Gasteiger partial charge in [-0.3, -0.25) is 14.4 Å². The van der Waals surface area contributed by atoms with E-state index in [0.717, 1.165) is 37.2 Å². The van der Waals surface area contributed by atoms with Crippen LogP contribution in [-0.2, 0) is 14.4 Å². The summed E-state index contributed by atoms with van der Waals surface area (Å²) in [6.45, 7) is 2.66. The highest BCUT2D eigenvalue weighted by Gasteiger charge is 2.41. The molecule has 18 heavy (non-hydrogen) atoms. The van der Waals surface area contributed by atoms with Crippen molar-refractivity contribution in [2.24, 2.45) is 5.41 Å². The van der Waals surface area contributed by atoms with Gasteiger partial charge in [0.2, 0.25) is 6.41 Å². The van der Waals surface area contributed by atoms with Gasteiger partial charge in [-0.2, -0.15) is 0 Å². The number of aliphatic carboxylic acids is 1. The number of hydroxylamine groups is 2. The summed E-state index contributed by atoms with van der Waals surface area (Å²) in [6.07, 6.45) is 6.60. The summed E-state index contributed by atoms with van der Waals surface area (Å²) < 4.78 is 0. The van der Waals surface area contributed by atoms with Gasteiger partial charge in [0.1, 0.15) is 0 Å². The van der Waals surface area contributed by atoms with Crippen LogP contribution in [0.3, 0.4) is 0 Å². The highest BCUT2D eigenvalue weighted by Crippen LogP contribution is 2.37. The van der Waals surface area contributed by atoms with E-state index in [0.29, 0.717) is 25.9 Å². The third-order valence-corrected chi connectivity index (χ3v) is 3.60. The van der Waals surface area contributed by atoms with Crippen LogP contribution >= 0.6 is 0 Å². The summed E-state index contributed by atoms with van der Waals surface area (Å²) in [6, 6.07) is 0. The lowest BCUT2D eigenvalue weighted by molar-refractivity contribution is -0.189. The van der Waals surface area contributed by atoms with Crippen LogP contribution in [0.4, 0.5) is 0 Å². The fraction of sp³-hybridized carbons (Fsp3) is 0.846. The van der Waals surface area contributed by atoms with Gasteiger partial charge >= 0.3 is 5.97 Å². The highest BCUT2D eigenvalue weighted by atomic mass is 16.7. The van der Waals surface area contributed by atoms with E-state index in [-0.39, 0.29) is 6.54 Å². The van der Waals surface area contributed by atoms with Crippen molar-refractivity contribution >= 4 is 12.4 Å². The van der Waals surface area contributed by atoms with Gasteiger partial charge in [0.15, 0.2) is 0 Å². The average Bonchev–Trinajstić information content (AvgIpc) is 2.38. The molecule has 1 amide bonds. The zero-order valence-electron chi connectivity index (χ0n) is 11.1. The Kier molecular flexibility index (Phi) is 6.12. The molecule has 0 aromatic carbocycles. The lowest BCUT2D eigenvalue weighted by Crippen LogP contribution is -2.44. The molecule has 1 aliphatic carbocycles. The lowest BCUT2D eigenvalue weighted by Gasteiger charge is -2.35. The van der Waals surface area contributed by atoms with E-state index < -0.39 is 11.4 Å². The maximum absolute atomic E-state index is 11.5. The van der Waals surface area contributed by atoms with Gasteiger partial charge < -0.3 is 5.11 Å². The second-order valence-corrected chi connectivity index (χ2v) is 5.01. The molecule has 0 aromatic rings. The van der Waals surface area contributed by atoms with Gasteiger partial charge in [0.25, 0.3) is 0 Å². The monoisotopic (exact) mass is 257 g/mol. The van der Waals surface area contributed by atoms with E-state index in [4.69, 9.17) is 4.84 Å². The molecule has 0 unspecified atom stereocenters. The van der Waals surface area contributed by atoms with Crippen molar-refractivity contribution in [1.82, 2.24) is 5.06 Å². The van der Waals surface area contributed by atoms with Crippen LogP contribution in [0.1, 0.15) is 51.9 Å². The summed E-state index contributed by atoms with van der Waals surface area (Å²) in [7, 11) is 0. The quantitative estimate of drug-likeness (QED) is 0.411. The molecule has 0 bridgehead atoms. The highest BCUT2D eigenvalue weighted by molar-refractivity contribution is 5.75. The van der Waals surface area contributed by atoms with Crippen molar-refractivity contribution in [2.75, 3.05) is 13.2 Å². The average molecular weight is 257 g/mol. The van der Waals surface area contributed by atoms with E-state index in [1.54, 1.807) is 0 Å². The molecular weight excluding hydrogens is 234 g/mol. The summed E-state index contributed by atoms with van der Waals surface area (Å²) in [5.74, 6) is -0.812. The number of amides is 1. The second kappa shape index (κ2) is 7.36. The Hall–Kier alpha value is -1.10. The third kappa shape index (κ3) is 3.98. The molecule has 104 valence electrons. The van der Waals surface area contributed by atoms with Crippen molar-refractivity contribution < 1.29 is 19.5 Å². The Morgan fingerprint density at radius 2 is 2.06 bits per heavy atom. The molecule has 1 rings (SSSR count). The molecule has 0 heterocycles. The molecule has 0 saturated heterocycles. The number of unbranched alkanes of at least 4 members (excludes halogenated alkanes) is 1. The van der Waals surface area contributed by atoms with Crippen molar-refractivity contribution in [3.8, 4) is 0 Å². The molecule has 0 aliphatic heterocycles. The zero-order chi connectivity index (χ0) is 13.4. The zero-order valence-corrected chi connectivity index (χ0v) is 11.1. The van der Waals surface area contributed by atoms with E-state index in [2.05, 4.69) is 0 Å². The maximum Gasteiger partial charge on any atom is 0.311 e. The summed E-state index contributed by atoms with van der Waals surface area (Å²) in [5.41, 5.74) is -0.814. The fourth-order valence-corrected chi connectivity index (χ4v) is 2.41. The number of carboxylic acids is 1. The Labute approximate surface area is 108 Å². The predicted octanol–water partition coefficient (Wildman–Crippen LogP) is 2.21. The normalized spacial score (nSPS) is 18.3. The number of hydrogen-bond acceptors (Lipinski definition) is 3. The smallest absolute Gasteiger partial charge is 0.311 e. The topological polar surface area (TPSA) is 66.8 Å². The van der Waals surface area contributed by atoms with Crippen LogP contribution in [0.25, 0.3) is 0 Å². The van der Waals surface area contributed by atoms with Crippen LogP contribution < -0.4 is 0 Å². The van der Waals surface area contributed by atoms with Crippen molar-refractivity contribution in [2.45, 2.75) is 51.9 Å². The minimum absolute atomic E-state index is 0.162. The van der Waals surface area contributed by atoms with Crippen LogP contribution in [0.5, 0.6) is 0 Å². The SMILES string of the molecule is CCCCON(C=O)CC1(C(=O)O)CCCCC1. The molecule has 1 aliphatic rings. The first-order chi connectivity index (χ1) is 8.64. The number of carboxylic acid groups (broad SMARTS) is 1. The van der Waals surface area contributed by atoms with Crippen LogP contribution in [0.2, 0.25) is 0 Å². The minimum Gasteiger partial charge on any atom is -0.481 e. The van der Waals surface area contributed by atoms with Crippen LogP contribution in [0.15, 0.2) is 0 Å². The molecule has 0 aromatic heterocycles. The maximum atomic E-state index is 11.5. The first-order valence-electron chi connectivity index (χ1n) is 6.73. The Bertz CT molecular complexity index is 274. The van der Waals surface area contributed by atoms with E-state index >= 15 is 0 Å². The summed E-state index contributed by atoms with van der Waals surface area (Å²) in [4.78, 5) is 27.7. The molecular formula is C13H23NO4. The lowest BCUT2D eigenvalue weighted by atomic mass is 9.74. The second-order valence-electron chi connectivity index (χ2n) is 5.01. The molecule has 1 fully saturated rings. The molecule has 5 heteroatoms. The number of nitrogens with zero attached hydrogens (tertiary/aromatic N) is 1. The van der Waals surface area contributed by atoms with Gasteiger partial charge in [-0.1, -0.05) is 32.6 Å².